The molecule has 0 bridgehead atoms. The third kappa shape index (κ3) is 3.27. The van der Waals surface area contributed by atoms with Crippen LogP contribution in [0.3, 0.4) is 0 Å². The number of hydrogen-bond donors (Lipinski definition) is 1. The van der Waals surface area contributed by atoms with Gasteiger partial charge in [-0.05, 0) is 18.6 Å². The molecule has 1 aliphatic rings. The maximum Gasteiger partial charge on any atom is 0.303 e. The van der Waals surface area contributed by atoms with Crippen molar-refractivity contribution in [3.63, 3.8) is 0 Å². The second-order valence-corrected chi connectivity index (χ2v) is 6.81. The van der Waals surface area contributed by atoms with Crippen molar-refractivity contribution in [2.24, 2.45) is 5.92 Å². The summed E-state index contributed by atoms with van der Waals surface area (Å²) >= 11 is 0. The molecule has 1 aromatic carbocycles. The van der Waals surface area contributed by atoms with Gasteiger partial charge in [0.15, 0.2) is 0 Å². The van der Waals surface area contributed by atoms with Gasteiger partial charge >= 0.3 is 10.2 Å². The number of carbonyl (C=O) groups excluding carboxylic acids is 1. The van der Waals surface area contributed by atoms with Gasteiger partial charge in [0.05, 0.1) is 0 Å². The number of rotatable bonds is 6. The fourth-order valence-corrected chi connectivity index (χ4v) is 3.71. The third-order valence-corrected chi connectivity index (χ3v) is 5.43. The van der Waals surface area contributed by atoms with E-state index in [1.807, 2.05) is 4.72 Å². The van der Waals surface area contributed by atoms with E-state index >= 15 is 0 Å². The standard InChI is InChI=1S/C14H18F2N2O3S/c1-3-18(4-2)22(20,21)17-14(19)10-8-9(10)13-11(15)6-5-7-12(13)16/h5-7,9-10H,3-4,8H2,1-2H3,(H,17,19)/t9-,10-/m0/s1. The number of halogens is 2. The monoisotopic (exact) mass is 332 g/mol. The first-order valence-corrected chi connectivity index (χ1v) is 8.51. The van der Waals surface area contributed by atoms with Crippen LogP contribution >= 0.6 is 0 Å². The van der Waals surface area contributed by atoms with E-state index in [9.17, 15) is 22.0 Å². The number of nitrogens with one attached hydrogen (secondary N) is 1. The van der Waals surface area contributed by atoms with Crippen molar-refractivity contribution >= 4 is 16.1 Å². The Kier molecular flexibility index (Phi) is 4.81. The third-order valence-electron chi connectivity index (χ3n) is 3.77. The average molecular weight is 332 g/mol. The van der Waals surface area contributed by atoms with Gasteiger partial charge in [-0.25, -0.2) is 13.5 Å². The molecule has 1 aromatic rings. The molecule has 5 nitrogen and oxygen atoms in total. The van der Waals surface area contributed by atoms with Crippen LogP contribution in [0.15, 0.2) is 18.2 Å². The van der Waals surface area contributed by atoms with Gasteiger partial charge in [0.2, 0.25) is 5.91 Å². The van der Waals surface area contributed by atoms with Crippen molar-refractivity contribution in [1.29, 1.82) is 0 Å². The molecule has 8 heteroatoms. The maximum atomic E-state index is 13.7. The fourth-order valence-electron chi connectivity index (χ4n) is 2.50. The Morgan fingerprint density at radius 1 is 1.27 bits per heavy atom. The van der Waals surface area contributed by atoms with Crippen molar-refractivity contribution in [2.45, 2.75) is 26.2 Å². The van der Waals surface area contributed by atoms with E-state index in [-0.39, 0.29) is 25.1 Å². The minimum atomic E-state index is -3.91. The molecule has 1 aliphatic carbocycles. The van der Waals surface area contributed by atoms with Gasteiger partial charge in [-0.15, -0.1) is 0 Å². The molecule has 122 valence electrons. The number of carbonyl (C=O) groups is 1. The van der Waals surface area contributed by atoms with E-state index in [1.165, 1.54) is 6.07 Å². The van der Waals surface area contributed by atoms with Crippen LogP contribution in [0.1, 0.15) is 31.7 Å². The highest BCUT2D eigenvalue weighted by molar-refractivity contribution is 7.87. The lowest BCUT2D eigenvalue weighted by Gasteiger charge is -2.18. The number of amides is 1. The van der Waals surface area contributed by atoms with E-state index in [1.54, 1.807) is 13.8 Å². The van der Waals surface area contributed by atoms with E-state index in [0.29, 0.717) is 0 Å². The first-order chi connectivity index (χ1) is 10.3. The predicted octanol–water partition coefficient (Wildman–Crippen LogP) is 1.77. The SMILES string of the molecule is CCN(CC)S(=O)(=O)NC(=O)[C@H]1C[C@@H]1c1c(F)cccc1F. The van der Waals surface area contributed by atoms with Gasteiger partial charge < -0.3 is 0 Å². The summed E-state index contributed by atoms with van der Waals surface area (Å²) in [5.41, 5.74) is -0.150. The van der Waals surface area contributed by atoms with Crippen molar-refractivity contribution < 1.29 is 22.0 Å². The summed E-state index contributed by atoms with van der Waals surface area (Å²) in [6.07, 6.45) is 0.234. The van der Waals surface area contributed by atoms with Gasteiger partial charge in [0.25, 0.3) is 0 Å². The van der Waals surface area contributed by atoms with Crippen LogP contribution in [0.25, 0.3) is 0 Å². The van der Waals surface area contributed by atoms with Crippen molar-refractivity contribution in [3.05, 3.63) is 35.4 Å². The smallest absolute Gasteiger partial charge is 0.274 e. The molecule has 0 saturated heterocycles. The largest absolute Gasteiger partial charge is 0.303 e. The molecular formula is C14H18F2N2O3S. The summed E-state index contributed by atoms with van der Waals surface area (Å²) in [6, 6.07) is 3.49. The van der Waals surface area contributed by atoms with Crippen LogP contribution < -0.4 is 4.72 Å². The average Bonchev–Trinajstić information content (AvgIpc) is 3.19. The lowest BCUT2D eigenvalue weighted by molar-refractivity contribution is -0.120. The summed E-state index contributed by atoms with van der Waals surface area (Å²) < 4.78 is 54.3. The minimum absolute atomic E-state index is 0.150. The summed E-state index contributed by atoms with van der Waals surface area (Å²) in [5.74, 6) is -3.50. The highest BCUT2D eigenvalue weighted by Crippen LogP contribution is 2.49. The molecule has 0 heterocycles. The van der Waals surface area contributed by atoms with Crippen molar-refractivity contribution in [3.8, 4) is 0 Å². The lowest BCUT2D eigenvalue weighted by Crippen LogP contribution is -2.44. The zero-order valence-corrected chi connectivity index (χ0v) is 13.2. The molecule has 22 heavy (non-hydrogen) atoms. The lowest BCUT2D eigenvalue weighted by atomic mass is 10.1. The van der Waals surface area contributed by atoms with Gasteiger partial charge in [0, 0.05) is 30.5 Å². The number of hydrogen-bond acceptors (Lipinski definition) is 3. The molecule has 1 N–H and O–H groups in total. The molecule has 1 fully saturated rings. The fraction of sp³-hybridized carbons (Fsp3) is 0.500. The van der Waals surface area contributed by atoms with Crippen LogP contribution in [-0.4, -0.2) is 31.7 Å². The first-order valence-electron chi connectivity index (χ1n) is 7.07. The number of benzene rings is 1. The molecule has 0 unspecified atom stereocenters. The summed E-state index contributed by atoms with van der Waals surface area (Å²) in [6.45, 7) is 3.77. The highest BCUT2D eigenvalue weighted by Gasteiger charge is 2.47. The van der Waals surface area contributed by atoms with Crippen molar-refractivity contribution in [1.82, 2.24) is 9.03 Å². The second kappa shape index (κ2) is 6.29. The van der Waals surface area contributed by atoms with Crippen LogP contribution in [0.5, 0.6) is 0 Å². The normalized spacial score (nSPS) is 21.0. The van der Waals surface area contributed by atoms with E-state index in [4.69, 9.17) is 0 Å². The Morgan fingerprint density at radius 2 is 1.82 bits per heavy atom. The minimum Gasteiger partial charge on any atom is -0.274 e. The van der Waals surface area contributed by atoms with Crippen molar-refractivity contribution in [2.75, 3.05) is 13.1 Å². The topological polar surface area (TPSA) is 66.5 Å². The Hall–Kier alpha value is -1.54. The summed E-state index contributed by atoms with van der Waals surface area (Å²) in [5, 5.41) is 0. The van der Waals surface area contributed by atoms with Gasteiger partial charge in [0.1, 0.15) is 11.6 Å². The molecular weight excluding hydrogens is 314 g/mol. The molecule has 0 aromatic heterocycles. The van der Waals surface area contributed by atoms with Gasteiger partial charge in [-0.2, -0.15) is 12.7 Å². The molecule has 2 rings (SSSR count). The maximum absolute atomic E-state index is 13.7. The molecule has 0 aliphatic heterocycles. The Balaban J connectivity index is 2.08. The Bertz CT molecular complexity index is 654. The zero-order valence-electron chi connectivity index (χ0n) is 12.3. The molecule has 0 radical (unpaired) electrons. The quantitative estimate of drug-likeness (QED) is 0.863. The van der Waals surface area contributed by atoms with Crippen LogP contribution in [0.4, 0.5) is 8.78 Å². The zero-order chi connectivity index (χ0) is 16.5. The number of nitrogens with zero attached hydrogens (tertiary/aromatic N) is 1. The highest BCUT2D eigenvalue weighted by atomic mass is 32.2. The molecule has 2 atom stereocenters. The Labute approximate surface area is 128 Å². The summed E-state index contributed by atoms with van der Waals surface area (Å²) in [7, 11) is -3.91. The van der Waals surface area contributed by atoms with Crippen LogP contribution in [0.2, 0.25) is 0 Å². The Morgan fingerprint density at radius 3 is 2.32 bits per heavy atom. The van der Waals surface area contributed by atoms with Crippen LogP contribution in [0, 0.1) is 17.6 Å². The summed E-state index contributed by atoms with van der Waals surface area (Å²) in [4.78, 5) is 12.0. The first kappa shape index (κ1) is 16.8. The van der Waals surface area contributed by atoms with Gasteiger partial charge in [-0.3, -0.25) is 4.79 Å². The molecule has 1 amide bonds. The molecule has 0 spiro atoms. The molecule has 1 saturated carbocycles. The van der Waals surface area contributed by atoms with E-state index in [2.05, 4.69) is 0 Å². The predicted molar refractivity (Wildman–Crippen MR) is 77.2 cm³/mol. The van der Waals surface area contributed by atoms with E-state index < -0.39 is 39.6 Å². The van der Waals surface area contributed by atoms with Gasteiger partial charge in [-0.1, -0.05) is 19.9 Å². The second-order valence-electron chi connectivity index (χ2n) is 5.14. The van der Waals surface area contributed by atoms with E-state index in [0.717, 1.165) is 16.4 Å². The van der Waals surface area contributed by atoms with Crippen LogP contribution in [-0.2, 0) is 15.0 Å².